The maximum Gasteiger partial charge on any atom is 0.351 e. The molecule has 13 atom stereocenters. The number of aliphatic hydroxyl groups excluding tert-OH is 5. The summed E-state index contributed by atoms with van der Waals surface area (Å²) >= 11 is 18.9. The van der Waals surface area contributed by atoms with Gasteiger partial charge in [-0.3, -0.25) is 53.5 Å². The molecule has 1 unspecified atom stereocenters. The summed E-state index contributed by atoms with van der Waals surface area (Å²) in [4.78, 5) is 56.5. The van der Waals surface area contributed by atoms with Crippen molar-refractivity contribution in [1.29, 1.82) is 0 Å². The molecule has 0 spiro atoms. The van der Waals surface area contributed by atoms with Crippen LogP contribution in [0.3, 0.4) is 0 Å². The Balaban J connectivity index is -0.00000129. The lowest BCUT2D eigenvalue weighted by Crippen LogP contribution is -2.41. The first-order chi connectivity index (χ1) is 53.3. The van der Waals surface area contributed by atoms with Crippen LogP contribution in [0, 0.1) is 11.8 Å². The SMILES string of the molecule is C.CC[C@H]1O[C@@H](n2ccc(N)nc2=O)C(F)(F)[C@H]1C.CC[C@H]1O[C@@H](n2ccc(NO)nc2=O)C(O)(F)[C@H]1C.CO.F.N.Nc1ccn([C@@H]2O[C@H](CO)[C@H](O)C2(F)F)c(=O)c1.O=c1nc(NO)ccn1[C@@H]1O[C@H](CO)[C@H](O)C1(F)F.S=S=S=S=S=S=S=S=S=S=S=S=S=S=S=S.S=S=S=S=S=S=S=S=S=S=S=S=S=S=S=S=S.[2H]CF. The van der Waals surface area contributed by atoms with Crippen LogP contribution in [0.1, 0.15) is 74.2 Å². The second kappa shape index (κ2) is 66.4. The molecule has 0 radical (unpaired) electrons. The number of nitrogens with zero attached hydrogens (tertiary/aromatic N) is 7. The van der Waals surface area contributed by atoms with Crippen LogP contribution >= 0.6 is 0 Å². The van der Waals surface area contributed by atoms with Gasteiger partial charge < -0.3 is 67.2 Å². The van der Waals surface area contributed by atoms with E-state index in [9.17, 15) is 69.6 Å². The molecule has 0 aliphatic carbocycles. The highest BCUT2D eigenvalue weighted by molar-refractivity contribution is 8.78. The molecule has 4 aliphatic heterocycles. The number of aliphatic hydroxyl groups is 6. The maximum atomic E-state index is 14.3. The number of hydrogen-bond acceptors (Lipinski definition) is 28. The van der Waals surface area contributed by atoms with Crippen LogP contribution < -0.4 is 51.2 Å². The Labute approximate surface area is 747 Å². The summed E-state index contributed by atoms with van der Waals surface area (Å²) in [5.74, 6) is -15.2. The van der Waals surface area contributed by atoms with Gasteiger partial charge >= 0.3 is 28.9 Å². The lowest BCUT2D eigenvalue weighted by molar-refractivity contribution is -0.180. The van der Waals surface area contributed by atoms with E-state index in [-0.39, 0.29) is 41.4 Å². The van der Waals surface area contributed by atoms with E-state index in [1.165, 1.54) is 80.0 Å². The summed E-state index contributed by atoms with van der Waals surface area (Å²) in [7, 11) is 48.9. The van der Waals surface area contributed by atoms with Crippen molar-refractivity contribution in [3.05, 3.63) is 96.9 Å². The number of aromatic nitrogens is 7. The van der Waals surface area contributed by atoms with Crippen molar-refractivity contribution in [3.63, 3.8) is 0 Å². The molecular formula is C44H69F9N12O16S33. The van der Waals surface area contributed by atoms with Crippen molar-refractivity contribution in [2.75, 3.05) is 49.9 Å². The second-order valence-corrected chi connectivity index (χ2v) is 70.3. The third-order valence-corrected chi connectivity index (χ3v) is 73.0. The normalized spacial score (nSPS) is 22.6. The Morgan fingerprint density at radius 3 is 1.04 bits per heavy atom. The summed E-state index contributed by atoms with van der Waals surface area (Å²) in [6.07, 6.45) is -10.1. The van der Waals surface area contributed by atoms with Gasteiger partial charge in [0.15, 0.2) is 30.1 Å². The quantitative estimate of drug-likeness (QED) is 0.0787. The molecule has 17 N–H and O–H groups in total. The topological polar surface area (TPSA) is 437 Å². The van der Waals surface area contributed by atoms with E-state index in [2.05, 4.69) is 15.0 Å². The molecule has 28 nitrogen and oxygen atoms in total. The summed E-state index contributed by atoms with van der Waals surface area (Å²) in [6, 6.07) is 5.87. The fourth-order valence-electron chi connectivity index (χ4n) is 8.25. The number of halogens is 9. The number of ether oxygens (including phenoxy) is 4. The predicted molar refractivity (Wildman–Crippen MR) is 510 cm³/mol. The fraction of sp³-hybridized carbons (Fsp3) is 0.614. The highest BCUT2D eigenvalue weighted by Crippen LogP contribution is 2.48. The van der Waals surface area contributed by atoms with Crippen molar-refractivity contribution in [2.24, 2.45) is 11.8 Å². The monoisotopic (exact) mass is 2250 g/mol. The van der Waals surface area contributed by atoms with Crippen LogP contribution in [-0.2, 0) is 321 Å². The number of pyridine rings is 1. The van der Waals surface area contributed by atoms with Crippen LogP contribution in [0.15, 0.2) is 74.3 Å². The summed E-state index contributed by atoms with van der Waals surface area (Å²) in [6.45, 7) is 4.94. The Kier molecular flexibility index (Phi) is 68.1. The number of rotatable bonds is 10. The van der Waals surface area contributed by atoms with E-state index in [0.717, 1.165) is 40.8 Å². The highest BCUT2D eigenvalue weighted by atomic mass is 33.5. The number of hydrogen-bond donors (Lipinski definition) is 13. The first kappa shape index (κ1) is 117. The number of anilines is 4. The van der Waals surface area contributed by atoms with Gasteiger partial charge in [0, 0.05) is 352 Å². The summed E-state index contributed by atoms with van der Waals surface area (Å²) in [5, 5.41) is 70.3. The van der Waals surface area contributed by atoms with E-state index < -0.39 is 140 Å². The number of nitrogens with two attached hydrogens (primary N) is 2. The third kappa shape index (κ3) is 40.0. The lowest BCUT2D eigenvalue weighted by Gasteiger charge is -2.24. The zero-order valence-electron chi connectivity index (χ0n) is 57.4. The van der Waals surface area contributed by atoms with Gasteiger partial charge in [0.2, 0.25) is 18.7 Å². The standard InChI is InChI=1S/C11H15F2N3O2.C11H16FN3O4.C10H12F2N2O4.C9H11F2N3O5.CH3F.CH4O.CH4.FH.H3N.S17.S16/c1-3-7-6(2)11(12,13)9(18-7)16-5-4-8(14)15-10(16)17;1-3-7-6(2)11(12,17)9(19-7)15-5-4-8(14-18)13-10(15)16;11-10(12)8(17)6(4-15)18-9(10)14-2-1-5(13)3-7(14)16;10-9(11)6(16)4(3-15)19-7(9)14-2-1-5(13-18)12-8(14)17;2*1-2;;;;1-3-5-7-9-11-13-15-17-16-14-12-10-8-6-4-2;1-3-5-7-9-11-13-15-16-14-12-10-8-6-4-2/h4-7,9H,3H2,1-2H3,(H2,14,15,17);4-7,9,17-18H,3H2,1-2H3,(H,13,14,16);1-3,6,8-9,15,17H,4,13H2;1-2,4,6-7,15-16,18H,3H2,(H,12,13,17);1H3;2H,1H3;1H4;1H;1H3;;/t6-,7+,9+;6-,7+,9+,11?;6-,8+,9-;4-,6+,7-;;;;;;;/m0011......./s1/i;;;;1D;;;;;;. The molecule has 8 heterocycles. The molecule has 4 aromatic rings. The number of nitrogens with one attached hydrogen (secondary N) is 2. The van der Waals surface area contributed by atoms with Crippen LogP contribution in [-0.4, -0.2) is 162 Å². The minimum Gasteiger partial charge on any atom is -0.400 e. The molecule has 4 saturated heterocycles. The average Bonchev–Trinajstić information content (AvgIpc) is 1.65. The minimum absolute atomic E-state index is 0. The molecule has 0 amide bonds. The maximum absolute atomic E-state index is 14.3. The second-order valence-electron chi connectivity index (χ2n) is 19.0. The van der Waals surface area contributed by atoms with E-state index in [1.54, 1.807) is 247 Å². The minimum atomic E-state index is -3.76. The zero-order valence-corrected chi connectivity index (χ0v) is 83.3. The Bertz CT molecular complexity index is 5150. The molecule has 0 aromatic carbocycles. The van der Waals surface area contributed by atoms with Gasteiger partial charge in [-0.25, -0.2) is 27.6 Å². The van der Waals surface area contributed by atoms with Crippen LogP contribution in [0.4, 0.5) is 63.0 Å². The summed E-state index contributed by atoms with van der Waals surface area (Å²) < 4.78 is 136. The first-order valence-corrected chi connectivity index (χ1v) is 69.3. The van der Waals surface area contributed by atoms with Gasteiger partial charge in [-0.1, -0.05) is 35.1 Å². The first-order valence-electron chi connectivity index (χ1n) is 28.7. The molecule has 70 heteroatoms. The molecule has 4 aliphatic rings. The van der Waals surface area contributed by atoms with Crippen molar-refractivity contribution < 1.29 is 101 Å². The number of alkyl halides is 8. The highest BCUT2D eigenvalue weighted by Gasteiger charge is 2.61. The van der Waals surface area contributed by atoms with Gasteiger partial charge in [0.05, 0.1) is 39.9 Å². The summed E-state index contributed by atoms with van der Waals surface area (Å²) in [5.41, 5.74) is 10.6. The van der Waals surface area contributed by atoms with Gasteiger partial charge in [-0.15, -0.1) is 0 Å². The van der Waals surface area contributed by atoms with Gasteiger partial charge in [-0.2, -0.15) is 32.5 Å². The van der Waals surface area contributed by atoms with Crippen molar-refractivity contribution >= 4 is 325 Å². The van der Waals surface area contributed by atoms with Crippen LogP contribution in [0.5, 0.6) is 0 Å². The third-order valence-electron chi connectivity index (χ3n) is 13.0. The van der Waals surface area contributed by atoms with Gasteiger partial charge in [0.1, 0.15) is 18.0 Å². The Hall–Kier alpha value is 0.900. The van der Waals surface area contributed by atoms with Crippen LogP contribution in [0.2, 0.25) is 0 Å². The molecule has 8 rings (SSSR count). The molecule has 4 aromatic heterocycles. The Morgan fingerprint density at radius 2 is 0.763 bits per heavy atom. The smallest absolute Gasteiger partial charge is 0.351 e. The van der Waals surface area contributed by atoms with E-state index in [4.69, 9.17) is 102 Å². The molecular weight excluding hydrogens is 2180 g/mol. The van der Waals surface area contributed by atoms with E-state index >= 15 is 0 Å². The largest absolute Gasteiger partial charge is 0.400 e. The van der Waals surface area contributed by atoms with Crippen molar-refractivity contribution in [1.82, 2.24) is 39.4 Å². The molecule has 0 saturated carbocycles. The van der Waals surface area contributed by atoms with Gasteiger partial charge in [-0.05, 0) is 37.1 Å². The molecule has 0 bridgehead atoms. The zero-order chi connectivity index (χ0) is 84.6. The van der Waals surface area contributed by atoms with Crippen molar-refractivity contribution in [2.45, 2.75) is 133 Å². The fourth-order valence-corrected chi connectivity index (χ4v) is 76.9. The Morgan fingerprint density at radius 1 is 0.491 bits per heavy atom. The molecule has 4 fully saturated rings. The van der Waals surface area contributed by atoms with E-state index in [1.807, 2.05) is 0 Å². The van der Waals surface area contributed by atoms with Gasteiger partial charge in [0.25, 0.3) is 17.3 Å². The number of nitrogen functional groups attached to an aromatic ring is 2. The van der Waals surface area contributed by atoms with Crippen LogP contribution in [0.25, 0.3) is 0 Å². The molecule has 662 valence electrons. The van der Waals surface area contributed by atoms with Crippen molar-refractivity contribution in [3.8, 4) is 0 Å². The predicted octanol–water partition coefficient (Wildman–Crippen LogP) is 1.36. The lowest BCUT2D eigenvalue weighted by atomic mass is 9.96. The average molecular weight is 2250 g/mol. The van der Waals surface area contributed by atoms with E-state index in [0.29, 0.717) is 22.0 Å². The molecule has 114 heavy (non-hydrogen) atoms.